The third-order valence-electron chi connectivity index (χ3n) is 5.89. The maximum absolute atomic E-state index is 11.4. The van der Waals surface area contributed by atoms with E-state index in [1.54, 1.807) is 36.7 Å². The van der Waals surface area contributed by atoms with Crippen LogP contribution in [0.1, 0.15) is 11.1 Å². The van der Waals surface area contributed by atoms with Crippen molar-refractivity contribution in [2.45, 2.75) is 22.6 Å². The van der Waals surface area contributed by atoms with Crippen molar-refractivity contribution < 1.29 is 25.9 Å². The molecule has 0 fully saturated rings. The summed E-state index contributed by atoms with van der Waals surface area (Å²) in [5.74, 6) is 0. The second-order valence-electron chi connectivity index (χ2n) is 7.87. The molecule has 8 nitrogen and oxygen atoms in total. The van der Waals surface area contributed by atoms with Crippen molar-refractivity contribution in [2.75, 3.05) is 0 Å². The molecule has 0 bridgehead atoms. The van der Waals surface area contributed by atoms with Gasteiger partial charge in [-0.3, -0.25) is 19.1 Å². The molecule has 0 atom stereocenters. The molecule has 5 rings (SSSR count). The molecular weight excluding hydrogens is 476 g/mol. The van der Waals surface area contributed by atoms with Gasteiger partial charge in [-0.15, -0.1) is 0 Å². The molecule has 0 amide bonds. The van der Waals surface area contributed by atoms with E-state index in [9.17, 15) is 25.9 Å². The van der Waals surface area contributed by atoms with Crippen LogP contribution in [0, 0.1) is 0 Å². The quantitative estimate of drug-likeness (QED) is 0.406. The third-order valence-corrected chi connectivity index (χ3v) is 7.62. The summed E-state index contributed by atoms with van der Waals surface area (Å²) in [6, 6.07) is 15.8. The molecule has 1 aliphatic rings. The molecule has 1 aliphatic carbocycles. The SMILES string of the molecule is O=S(=O)(O)c1ccc(-c2ccnc3c2CCc2c(-c4ccc(S(=O)(=O)O)cc4)ccnc2-3)cc1. The van der Waals surface area contributed by atoms with Crippen LogP contribution in [-0.2, 0) is 33.1 Å². The Bertz CT molecular complexity index is 1510. The number of hydrogen-bond acceptors (Lipinski definition) is 6. The summed E-state index contributed by atoms with van der Waals surface area (Å²) in [4.78, 5) is 8.81. The molecule has 0 spiro atoms. The molecule has 0 saturated heterocycles. The van der Waals surface area contributed by atoms with Crippen LogP contribution < -0.4 is 0 Å². The fraction of sp³-hybridized carbons (Fsp3) is 0.0833. The number of hydrogen-bond donors (Lipinski definition) is 2. The maximum atomic E-state index is 11.4. The minimum Gasteiger partial charge on any atom is -0.282 e. The average Bonchev–Trinajstić information content (AvgIpc) is 2.82. The lowest BCUT2D eigenvalue weighted by Gasteiger charge is -2.23. The molecule has 2 N–H and O–H groups in total. The highest BCUT2D eigenvalue weighted by Gasteiger charge is 2.24. The van der Waals surface area contributed by atoms with E-state index in [1.807, 2.05) is 12.1 Å². The molecule has 0 unspecified atom stereocenters. The van der Waals surface area contributed by atoms with Crippen LogP contribution in [0.3, 0.4) is 0 Å². The Morgan fingerprint density at radius 2 is 0.912 bits per heavy atom. The second-order valence-corrected chi connectivity index (χ2v) is 10.7. The zero-order valence-electron chi connectivity index (χ0n) is 17.6. The van der Waals surface area contributed by atoms with Gasteiger partial charge in [-0.2, -0.15) is 16.8 Å². The number of rotatable bonds is 4. The van der Waals surface area contributed by atoms with Gasteiger partial charge in [0.1, 0.15) is 0 Å². The topological polar surface area (TPSA) is 135 Å². The summed E-state index contributed by atoms with van der Waals surface area (Å²) < 4.78 is 63.9. The lowest BCUT2D eigenvalue weighted by molar-refractivity contribution is 0.481. The average molecular weight is 495 g/mol. The second kappa shape index (κ2) is 8.10. The van der Waals surface area contributed by atoms with Crippen molar-refractivity contribution >= 4 is 20.2 Å². The lowest BCUT2D eigenvalue weighted by Crippen LogP contribution is -2.10. The van der Waals surface area contributed by atoms with Crippen LogP contribution in [0.2, 0.25) is 0 Å². The Balaban J connectivity index is 1.59. The summed E-state index contributed by atoms with van der Waals surface area (Å²) in [5, 5.41) is 0. The zero-order valence-corrected chi connectivity index (χ0v) is 19.2. The summed E-state index contributed by atoms with van der Waals surface area (Å²) in [6.45, 7) is 0. The highest BCUT2D eigenvalue weighted by Crippen LogP contribution is 2.40. The van der Waals surface area contributed by atoms with Crippen LogP contribution in [0.5, 0.6) is 0 Å². The largest absolute Gasteiger partial charge is 0.294 e. The molecule has 2 aromatic carbocycles. The van der Waals surface area contributed by atoms with Gasteiger partial charge in [0.05, 0.1) is 21.2 Å². The van der Waals surface area contributed by atoms with E-state index in [0.717, 1.165) is 44.8 Å². The van der Waals surface area contributed by atoms with Crippen LogP contribution in [0.15, 0.2) is 82.8 Å². The van der Waals surface area contributed by atoms with Gasteiger partial charge in [-0.1, -0.05) is 24.3 Å². The van der Waals surface area contributed by atoms with Crippen molar-refractivity contribution in [2.24, 2.45) is 0 Å². The van der Waals surface area contributed by atoms with Gasteiger partial charge in [0, 0.05) is 12.4 Å². The molecule has 4 aromatic rings. The van der Waals surface area contributed by atoms with E-state index in [-0.39, 0.29) is 9.79 Å². The molecule has 10 heteroatoms. The van der Waals surface area contributed by atoms with E-state index in [2.05, 4.69) is 9.97 Å². The highest BCUT2D eigenvalue weighted by atomic mass is 32.2. The van der Waals surface area contributed by atoms with Crippen molar-refractivity contribution in [1.29, 1.82) is 0 Å². The van der Waals surface area contributed by atoms with Gasteiger partial charge < -0.3 is 0 Å². The fourth-order valence-corrected chi connectivity index (χ4v) is 5.26. The monoisotopic (exact) mass is 494 g/mol. The van der Waals surface area contributed by atoms with Gasteiger partial charge in [0.2, 0.25) is 0 Å². The number of benzene rings is 2. The van der Waals surface area contributed by atoms with Gasteiger partial charge in [0.15, 0.2) is 0 Å². The minimum atomic E-state index is -4.27. The van der Waals surface area contributed by atoms with Crippen LogP contribution in [0.4, 0.5) is 0 Å². The van der Waals surface area contributed by atoms with Gasteiger partial charge in [-0.05, 0) is 82.6 Å². The van der Waals surface area contributed by atoms with Gasteiger partial charge in [-0.25, -0.2) is 0 Å². The first-order chi connectivity index (χ1) is 16.1. The Morgan fingerprint density at radius 1 is 0.559 bits per heavy atom. The molecule has 0 radical (unpaired) electrons. The predicted octanol–water partition coefficient (Wildman–Crippen LogP) is 4.07. The summed E-state index contributed by atoms with van der Waals surface area (Å²) in [5.41, 5.74) is 6.84. The Labute approximate surface area is 196 Å². The van der Waals surface area contributed by atoms with Crippen molar-refractivity contribution in [3.8, 4) is 33.6 Å². The molecule has 34 heavy (non-hydrogen) atoms. The van der Waals surface area contributed by atoms with E-state index >= 15 is 0 Å². The van der Waals surface area contributed by atoms with Crippen molar-refractivity contribution in [3.05, 3.63) is 84.2 Å². The Kier molecular flexibility index (Phi) is 5.33. The fourth-order valence-electron chi connectivity index (χ4n) is 4.30. The van der Waals surface area contributed by atoms with Crippen molar-refractivity contribution in [3.63, 3.8) is 0 Å². The predicted molar refractivity (Wildman–Crippen MR) is 125 cm³/mol. The number of fused-ring (bicyclic) bond motifs is 3. The Morgan fingerprint density at radius 3 is 1.24 bits per heavy atom. The first-order valence-corrected chi connectivity index (χ1v) is 13.1. The normalized spacial score (nSPS) is 13.2. The molecule has 0 saturated carbocycles. The molecule has 172 valence electrons. The molecule has 0 aliphatic heterocycles. The first-order valence-electron chi connectivity index (χ1n) is 10.2. The van der Waals surface area contributed by atoms with E-state index < -0.39 is 20.2 Å². The zero-order chi connectivity index (χ0) is 24.1. The summed E-state index contributed by atoms with van der Waals surface area (Å²) in [6.07, 6.45) is 4.70. The lowest BCUT2D eigenvalue weighted by atomic mass is 9.84. The summed E-state index contributed by atoms with van der Waals surface area (Å²) in [7, 11) is -8.54. The Hall–Kier alpha value is -3.44. The standard InChI is InChI=1S/C24H18N2O6S2/c27-33(28,29)17-5-1-15(2-6-17)19-11-13-25-23-21(19)9-10-22-20(12-14-26-24(22)23)16-3-7-18(8-4-16)34(30,31)32/h1-8,11-14H,9-10H2,(H,27,28,29)(H,30,31,32). The first kappa shape index (κ1) is 22.4. The van der Waals surface area contributed by atoms with Gasteiger partial charge in [0.25, 0.3) is 20.2 Å². The smallest absolute Gasteiger partial charge is 0.282 e. The van der Waals surface area contributed by atoms with E-state index in [4.69, 9.17) is 0 Å². The van der Waals surface area contributed by atoms with E-state index in [0.29, 0.717) is 12.8 Å². The van der Waals surface area contributed by atoms with E-state index in [1.165, 1.54) is 24.3 Å². The maximum Gasteiger partial charge on any atom is 0.294 e. The van der Waals surface area contributed by atoms with Crippen molar-refractivity contribution in [1.82, 2.24) is 9.97 Å². The number of nitrogens with zero attached hydrogens (tertiary/aromatic N) is 2. The van der Waals surface area contributed by atoms with Crippen LogP contribution >= 0.6 is 0 Å². The molecular formula is C24H18N2O6S2. The minimum absolute atomic E-state index is 0.171. The highest BCUT2D eigenvalue weighted by molar-refractivity contribution is 7.86. The summed E-state index contributed by atoms with van der Waals surface area (Å²) >= 11 is 0. The molecule has 2 heterocycles. The number of aromatic nitrogens is 2. The van der Waals surface area contributed by atoms with Crippen LogP contribution in [-0.4, -0.2) is 35.9 Å². The van der Waals surface area contributed by atoms with Gasteiger partial charge >= 0.3 is 0 Å². The number of pyridine rings is 2. The molecule has 2 aromatic heterocycles. The van der Waals surface area contributed by atoms with Crippen LogP contribution in [0.25, 0.3) is 33.6 Å². The third kappa shape index (κ3) is 4.01.